The zero-order valence-electron chi connectivity index (χ0n) is 48.9. The summed E-state index contributed by atoms with van der Waals surface area (Å²) in [4.78, 5) is 13.7. The Morgan fingerprint density at radius 1 is 0.578 bits per heavy atom. The maximum Gasteiger partial charge on any atom is 0.335 e. The standard InChI is InChI=1S/C63H81ClN4O13Si2/c1-10-31-71-57-53(72-34-47-27-19-13-20-28-47)49(36-69-32-45-23-15-11-16-24-45)76-62(57)79-58-54(73-35-48-29-21-14-22-30-48)50(37-70-33-46-25-17-12-18-26-46)77-63(58)78-56-55-51(75-61(56)68-40-67-52-59(64)65-39-66-60(52)68)38-74-82(41(2)3,42(4)5)81-83(80-55,43(6)7)44(8)9/h10-30,39-44,49-51,53-58,61-63H,1,31-38H2,2-9H3/t49?,50?,51-,53?,54?,55+,56?,57?,58?,61-,62+,63+/m1/s1. The first-order valence-corrected chi connectivity index (χ1v) is 33.5. The van der Waals surface area contributed by atoms with Crippen LogP contribution >= 0.6 is 11.6 Å². The van der Waals surface area contributed by atoms with Crippen molar-refractivity contribution in [2.75, 3.05) is 26.4 Å². The van der Waals surface area contributed by atoms with E-state index in [0.29, 0.717) is 24.4 Å². The van der Waals surface area contributed by atoms with Crippen LogP contribution in [0.4, 0.5) is 0 Å². The molecule has 6 heterocycles. The summed E-state index contributed by atoms with van der Waals surface area (Å²) in [6, 6.07) is 40.0. The van der Waals surface area contributed by atoms with Crippen molar-refractivity contribution in [1.29, 1.82) is 0 Å². The third-order valence-electron chi connectivity index (χ3n) is 16.1. The van der Waals surface area contributed by atoms with E-state index in [1.807, 2.05) is 126 Å². The summed E-state index contributed by atoms with van der Waals surface area (Å²) in [6.07, 6.45) is -5.45. The molecule has 446 valence electrons. The zero-order valence-corrected chi connectivity index (χ0v) is 51.6. The van der Waals surface area contributed by atoms with Crippen molar-refractivity contribution >= 4 is 39.9 Å². The van der Waals surface area contributed by atoms with E-state index in [-0.39, 0.29) is 67.0 Å². The highest BCUT2D eigenvalue weighted by Gasteiger charge is 2.64. The minimum atomic E-state index is -3.30. The van der Waals surface area contributed by atoms with Crippen LogP contribution in [0.15, 0.2) is 147 Å². The van der Waals surface area contributed by atoms with Gasteiger partial charge in [0, 0.05) is 0 Å². The Morgan fingerprint density at radius 2 is 1.06 bits per heavy atom. The van der Waals surface area contributed by atoms with Gasteiger partial charge in [-0.2, -0.15) is 0 Å². The predicted octanol–water partition coefficient (Wildman–Crippen LogP) is 11.7. The summed E-state index contributed by atoms with van der Waals surface area (Å²) < 4.78 is 94.9. The molecule has 12 atom stereocenters. The van der Waals surface area contributed by atoms with Crippen molar-refractivity contribution in [3.63, 3.8) is 0 Å². The second kappa shape index (κ2) is 28.3. The van der Waals surface area contributed by atoms with Gasteiger partial charge in [0.15, 0.2) is 29.6 Å². The van der Waals surface area contributed by atoms with Gasteiger partial charge >= 0.3 is 17.1 Å². The molecule has 17 nitrogen and oxygen atoms in total. The number of hydrogen-bond donors (Lipinski definition) is 0. The molecular formula is C63H81ClN4O13Si2. The Hall–Kier alpha value is -4.63. The SMILES string of the molecule is C=CCOC1C(OCc2ccccc2)C(COCc2ccccc2)O[C@H]1OC1C(OCc2ccccc2)C(COCc2ccccc2)O[C@H]1OC1[C@H]2O[Si](C(C)C)(C(C)C)O[Si](C(C)C)(C(C)C)OC[C@H]2O[C@H]1n1cnc2c(Cl)ncnc21. The number of nitrogens with zero attached hydrogens (tertiary/aromatic N) is 4. The summed E-state index contributed by atoms with van der Waals surface area (Å²) in [5.74, 6) is 0. The van der Waals surface area contributed by atoms with Gasteiger partial charge in [-0.3, -0.25) is 4.57 Å². The first-order valence-electron chi connectivity index (χ1n) is 29.2. The van der Waals surface area contributed by atoms with Gasteiger partial charge in [0.2, 0.25) is 0 Å². The predicted molar refractivity (Wildman–Crippen MR) is 317 cm³/mol. The molecule has 6 aromatic rings. The van der Waals surface area contributed by atoms with E-state index in [1.54, 1.807) is 12.4 Å². The second-order valence-electron chi connectivity index (χ2n) is 23.0. The average molecular weight is 1190 g/mol. The van der Waals surface area contributed by atoms with Crippen LogP contribution in [0.1, 0.15) is 83.9 Å². The van der Waals surface area contributed by atoms with Gasteiger partial charge < -0.3 is 60.3 Å². The number of aromatic nitrogens is 4. The normalized spacial score (nSPS) is 27.9. The first-order chi connectivity index (χ1) is 40.3. The Morgan fingerprint density at radius 3 is 1.57 bits per heavy atom. The molecule has 0 N–H and O–H groups in total. The summed E-state index contributed by atoms with van der Waals surface area (Å²) in [7, 11) is -6.31. The molecule has 0 spiro atoms. The second-order valence-corrected chi connectivity index (χ2v) is 32.2. The Bertz CT molecular complexity index is 2940. The molecule has 0 bridgehead atoms. The lowest BCUT2D eigenvalue weighted by molar-refractivity contribution is -0.270. The van der Waals surface area contributed by atoms with E-state index in [1.165, 1.54) is 6.33 Å². The van der Waals surface area contributed by atoms with Gasteiger partial charge in [0.25, 0.3) is 0 Å². The van der Waals surface area contributed by atoms with E-state index in [2.05, 4.69) is 67.0 Å². The molecule has 2 aromatic heterocycles. The smallest absolute Gasteiger partial charge is 0.335 e. The molecule has 20 heteroatoms. The maximum atomic E-state index is 7.82. The number of imidazole rings is 1. The lowest BCUT2D eigenvalue weighted by atomic mass is 10.1. The van der Waals surface area contributed by atoms with E-state index < -0.39 is 90.9 Å². The van der Waals surface area contributed by atoms with Crippen LogP contribution in [0, 0.1) is 0 Å². The highest BCUT2D eigenvalue weighted by Crippen LogP contribution is 2.50. The zero-order chi connectivity index (χ0) is 58.1. The number of fused-ring (bicyclic) bond motifs is 2. The van der Waals surface area contributed by atoms with Crippen molar-refractivity contribution in [2.24, 2.45) is 0 Å². The van der Waals surface area contributed by atoms with E-state index in [4.69, 9.17) is 81.9 Å². The fraction of sp³-hybridized carbons (Fsp3) is 0.508. The number of benzene rings is 4. The van der Waals surface area contributed by atoms with Gasteiger partial charge in [-0.05, 0) is 44.4 Å². The molecule has 0 aliphatic carbocycles. The van der Waals surface area contributed by atoms with Crippen LogP contribution < -0.4 is 0 Å². The molecule has 0 amide bonds. The van der Waals surface area contributed by atoms with Gasteiger partial charge in [0.05, 0.1) is 59.2 Å². The van der Waals surface area contributed by atoms with Crippen molar-refractivity contribution in [2.45, 2.75) is 178 Å². The largest absolute Gasteiger partial charge is 0.414 e. The molecule has 4 fully saturated rings. The van der Waals surface area contributed by atoms with Gasteiger partial charge in [-0.15, -0.1) is 6.58 Å². The lowest BCUT2D eigenvalue weighted by Crippen LogP contribution is -2.66. The molecule has 83 heavy (non-hydrogen) atoms. The quantitative estimate of drug-likeness (QED) is 0.0286. The van der Waals surface area contributed by atoms with Gasteiger partial charge in [0.1, 0.15) is 66.8 Å². The van der Waals surface area contributed by atoms with Crippen LogP contribution in [-0.2, 0) is 86.8 Å². The third kappa shape index (κ3) is 14.0. The van der Waals surface area contributed by atoms with Crippen LogP contribution in [0.5, 0.6) is 0 Å². The molecule has 0 radical (unpaired) electrons. The van der Waals surface area contributed by atoms with Crippen molar-refractivity contribution in [3.8, 4) is 0 Å². The van der Waals surface area contributed by atoms with Gasteiger partial charge in [-0.25, -0.2) is 15.0 Å². The third-order valence-corrected chi connectivity index (χ3v) is 26.6. The van der Waals surface area contributed by atoms with Crippen LogP contribution in [0.25, 0.3) is 11.2 Å². The van der Waals surface area contributed by atoms with Crippen LogP contribution in [0.2, 0.25) is 27.3 Å². The molecule has 4 saturated heterocycles. The molecule has 10 rings (SSSR count). The minimum absolute atomic E-state index is 0.0102. The van der Waals surface area contributed by atoms with Crippen LogP contribution in [0.3, 0.4) is 0 Å². The van der Waals surface area contributed by atoms with E-state index in [9.17, 15) is 0 Å². The fourth-order valence-corrected chi connectivity index (χ4v) is 23.2. The summed E-state index contributed by atoms with van der Waals surface area (Å²) in [5, 5.41) is 0.197. The molecule has 7 unspecified atom stereocenters. The molecule has 4 aliphatic rings. The van der Waals surface area contributed by atoms with Crippen LogP contribution in [-0.4, -0.2) is 131 Å². The highest BCUT2D eigenvalue weighted by atomic mass is 35.5. The van der Waals surface area contributed by atoms with Gasteiger partial charge in [-0.1, -0.05) is 194 Å². The molecule has 4 aliphatic heterocycles. The Labute approximate surface area is 495 Å². The number of rotatable bonds is 26. The molecule has 4 aromatic carbocycles. The molecule has 0 saturated carbocycles. The van der Waals surface area contributed by atoms with E-state index in [0.717, 1.165) is 22.3 Å². The summed E-state index contributed by atoms with van der Waals surface area (Å²) >= 11 is 6.71. The van der Waals surface area contributed by atoms with E-state index >= 15 is 0 Å². The lowest BCUT2D eigenvalue weighted by Gasteiger charge is -2.51. The molecular weight excluding hydrogens is 1110 g/mol. The summed E-state index contributed by atoms with van der Waals surface area (Å²) in [5.41, 5.74) is 4.97. The van der Waals surface area contributed by atoms with Crippen molar-refractivity contribution < 1.29 is 60.3 Å². The first kappa shape index (κ1) is 61.5. The Balaban J connectivity index is 1.06. The monoisotopic (exact) mass is 1190 g/mol. The average Bonchev–Trinajstić information content (AvgIpc) is 2.28. The maximum absolute atomic E-state index is 7.82. The number of ether oxygens (including phenoxy) is 10. The minimum Gasteiger partial charge on any atom is -0.414 e. The fourth-order valence-electron chi connectivity index (χ4n) is 11.9. The highest BCUT2D eigenvalue weighted by molar-refractivity contribution is 6.84. The summed E-state index contributed by atoms with van der Waals surface area (Å²) in [6.45, 7) is 23.4. The Kier molecular flexibility index (Phi) is 20.9. The number of hydrogen-bond acceptors (Lipinski definition) is 16. The van der Waals surface area contributed by atoms with Crippen molar-refractivity contribution in [3.05, 3.63) is 174 Å². The topological polar surface area (TPSA) is 164 Å². The van der Waals surface area contributed by atoms with Crippen molar-refractivity contribution in [1.82, 2.24) is 19.5 Å². The number of halogens is 1.